The van der Waals surface area contributed by atoms with Crippen LogP contribution >= 0.6 is 0 Å². The Balaban J connectivity index is 1.88. The molecule has 1 rings (SSSR count). The Morgan fingerprint density at radius 2 is 0.565 bits per heavy atom. The molecule has 0 N–H and O–H groups in total. The van der Waals surface area contributed by atoms with E-state index in [2.05, 4.69) is 20.4 Å². The molecule has 1 fully saturated rings. The molecule has 0 amide bonds. The first kappa shape index (κ1) is 43.2. The maximum Gasteiger partial charge on any atom is 0.324 e. The molecule has 1 saturated heterocycles. The first-order valence-corrected chi connectivity index (χ1v) is 21.6. The molecule has 1 aliphatic heterocycles. The predicted octanol–water partition coefficient (Wildman–Crippen LogP) is 15.9. The van der Waals surface area contributed by atoms with E-state index in [1.807, 2.05) is 0 Å². The SMILES string of the molecule is C=C1OC(=O)C1(CCCCCCCCCCCCCCCCCC)CCCCCCCCCCCCCCCCCCCCCC. The van der Waals surface area contributed by atoms with Crippen LogP contribution in [0.1, 0.15) is 258 Å². The Kier molecular flexibility index (Phi) is 30.8. The molecule has 1 unspecified atom stereocenters. The maximum absolute atomic E-state index is 12.5. The summed E-state index contributed by atoms with van der Waals surface area (Å²) in [6.45, 7) is 8.71. The van der Waals surface area contributed by atoms with Gasteiger partial charge in [-0.2, -0.15) is 0 Å². The molecule has 2 nitrogen and oxygen atoms in total. The van der Waals surface area contributed by atoms with Gasteiger partial charge in [0.05, 0.1) is 0 Å². The van der Waals surface area contributed by atoms with Crippen LogP contribution in [0, 0.1) is 5.41 Å². The standard InChI is InChI=1S/C44H84O2/c1-4-6-8-10-12-14-16-18-20-22-23-24-25-27-29-31-33-35-37-39-41-44(42(3)46-43(44)45)40-38-36-34-32-30-28-26-21-19-17-15-13-11-9-7-5-2/h3-41H2,1-2H3. The molecule has 0 bridgehead atoms. The Hall–Kier alpha value is -0.790. The van der Waals surface area contributed by atoms with Gasteiger partial charge in [-0.1, -0.05) is 252 Å². The molecule has 0 radical (unpaired) electrons. The van der Waals surface area contributed by atoms with Crippen molar-refractivity contribution in [3.8, 4) is 0 Å². The molecule has 0 spiro atoms. The van der Waals surface area contributed by atoms with Crippen molar-refractivity contribution < 1.29 is 9.53 Å². The van der Waals surface area contributed by atoms with Gasteiger partial charge in [0.1, 0.15) is 11.2 Å². The maximum atomic E-state index is 12.5. The van der Waals surface area contributed by atoms with Crippen molar-refractivity contribution in [2.24, 2.45) is 5.41 Å². The van der Waals surface area contributed by atoms with E-state index in [9.17, 15) is 4.79 Å². The van der Waals surface area contributed by atoms with Crippen LogP contribution in [0.25, 0.3) is 0 Å². The number of carbonyl (C=O) groups excluding carboxylic acids is 1. The highest BCUT2D eigenvalue weighted by Crippen LogP contribution is 2.47. The van der Waals surface area contributed by atoms with E-state index >= 15 is 0 Å². The van der Waals surface area contributed by atoms with Crippen LogP contribution in [-0.2, 0) is 9.53 Å². The second-order valence-electron chi connectivity index (χ2n) is 15.4. The molecule has 1 aliphatic rings. The molecule has 0 aromatic rings. The van der Waals surface area contributed by atoms with E-state index in [0.717, 1.165) is 31.4 Å². The number of ether oxygens (including phenoxy) is 1. The van der Waals surface area contributed by atoms with E-state index in [0.29, 0.717) is 0 Å². The third kappa shape index (κ3) is 23.5. The molecule has 272 valence electrons. The molecule has 46 heavy (non-hydrogen) atoms. The van der Waals surface area contributed by atoms with Gasteiger partial charge in [-0.05, 0) is 12.8 Å². The van der Waals surface area contributed by atoms with Crippen LogP contribution in [0.5, 0.6) is 0 Å². The number of rotatable bonds is 38. The van der Waals surface area contributed by atoms with Gasteiger partial charge in [0.25, 0.3) is 0 Å². The fourth-order valence-corrected chi connectivity index (χ4v) is 7.64. The summed E-state index contributed by atoms with van der Waals surface area (Å²) in [6.07, 6.45) is 52.1. The molecule has 1 atom stereocenters. The minimum absolute atomic E-state index is 0.0104. The zero-order chi connectivity index (χ0) is 33.2. The Labute approximate surface area is 290 Å². The molecular formula is C44H84O2. The van der Waals surface area contributed by atoms with E-state index < -0.39 is 0 Å². The van der Waals surface area contributed by atoms with E-state index in [-0.39, 0.29) is 11.4 Å². The molecule has 0 saturated carbocycles. The van der Waals surface area contributed by atoms with Crippen molar-refractivity contribution >= 4 is 5.97 Å². The van der Waals surface area contributed by atoms with Crippen molar-refractivity contribution in [1.82, 2.24) is 0 Å². The fourth-order valence-electron chi connectivity index (χ4n) is 7.64. The van der Waals surface area contributed by atoms with Crippen LogP contribution < -0.4 is 0 Å². The highest BCUT2D eigenvalue weighted by molar-refractivity contribution is 5.87. The van der Waals surface area contributed by atoms with Crippen molar-refractivity contribution in [3.63, 3.8) is 0 Å². The lowest BCUT2D eigenvalue weighted by atomic mass is 9.73. The lowest BCUT2D eigenvalue weighted by Crippen LogP contribution is -2.45. The fraction of sp³-hybridized carbons (Fsp3) is 0.932. The summed E-state index contributed by atoms with van der Waals surface area (Å²) < 4.78 is 5.30. The van der Waals surface area contributed by atoms with Gasteiger partial charge in [-0.25, -0.2) is 0 Å². The number of unbranched alkanes of at least 4 members (excludes halogenated alkanes) is 34. The largest absolute Gasteiger partial charge is 0.430 e. The highest BCUT2D eigenvalue weighted by atomic mass is 16.6. The van der Waals surface area contributed by atoms with E-state index in [1.165, 1.54) is 218 Å². The Morgan fingerprint density at radius 3 is 0.739 bits per heavy atom. The van der Waals surface area contributed by atoms with Crippen molar-refractivity contribution in [2.45, 2.75) is 258 Å². The average molecular weight is 645 g/mol. The number of hydrogen-bond donors (Lipinski definition) is 0. The van der Waals surface area contributed by atoms with Gasteiger partial charge < -0.3 is 4.74 Å². The minimum Gasteiger partial charge on any atom is -0.430 e. The average Bonchev–Trinajstić information content (AvgIpc) is 3.06. The molecule has 2 heteroatoms. The number of hydrogen-bond acceptors (Lipinski definition) is 2. The van der Waals surface area contributed by atoms with Gasteiger partial charge in [0.2, 0.25) is 0 Å². The van der Waals surface area contributed by atoms with Crippen LogP contribution in [0.3, 0.4) is 0 Å². The van der Waals surface area contributed by atoms with Crippen molar-refractivity contribution in [1.29, 1.82) is 0 Å². The number of esters is 1. The summed E-state index contributed by atoms with van der Waals surface area (Å²) >= 11 is 0. The number of cyclic esters (lactones) is 1. The lowest BCUT2D eigenvalue weighted by Gasteiger charge is -2.41. The summed E-state index contributed by atoms with van der Waals surface area (Å²) in [6, 6.07) is 0. The topological polar surface area (TPSA) is 26.3 Å². The zero-order valence-electron chi connectivity index (χ0n) is 31.9. The molecule has 0 aromatic carbocycles. The smallest absolute Gasteiger partial charge is 0.324 e. The van der Waals surface area contributed by atoms with Crippen molar-refractivity contribution in [3.05, 3.63) is 12.3 Å². The number of carbonyl (C=O) groups is 1. The van der Waals surface area contributed by atoms with Gasteiger partial charge >= 0.3 is 5.97 Å². The van der Waals surface area contributed by atoms with Gasteiger partial charge in [0, 0.05) is 0 Å². The quantitative estimate of drug-likeness (QED) is 0.0494. The minimum atomic E-state index is -0.343. The molecule has 1 heterocycles. The summed E-state index contributed by atoms with van der Waals surface area (Å²) in [5, 5.41) is 0. The zero-order valence-corrected chi connectivity index (χ0v) is 31.9. The lowest BCUT2D eigenvalue weighted by molar-refractivity contribution is -0.171. The third-order valence-corrected chi connectivity index (χ3v) is 11.1. The van der Waals surface area contributed by atoms with E-state index in [1.54, 1.807) is 0 Å². The summed E-state index contributed by atoms with van der Waals surface area (Å²) in [5.41, 5.74) is -0.343. The third-order valence-electron chi connectivity index (χ3n) is 11.1. The van der Waals surface area contributed by atoms with Crippen LogP contribution in [-0.4, -0.2) is 5.97 Å². The van der Waals surface area contributed by atoms with Crippen molar-refractivity contribution in [2.75, 3.05) is 0 Å². The summed E-state index contributed by atoms with van der Waals surface area (Å²) in [7, 11) is 0. The van der Waals surface area contributed by atoms with Gasteiger partial charge in [0.15, 0.2) is 0 Å². The summed E-state index contributed by atoms with van der Waals surface area (Å²) in [4.78, 5) is 12.5. The monoisotopic (exact) mass is 645 g/mol. The second kappa shape index (κ2) is 32.7. The first-order chi connectivity index (χ1) is 22.7. The van der Waals surface area contributed by atoms with Crippen LogP contribution in [0.2, 0.25) is 0 Å². The van der Waals surface area contributed by atoms with Gasteiger partial charge in [-0.3, -0.25) is 4.79 Å². The predicted molar refractivity (Wildman–Crippen MR) is 204 cm³/mol. The van der Waals surface area contributed by atoms with E-state index in [4.69, 9.17) is 4.74 Å². The Morgan fingerprint density at radius 1 is 0.370 bits per heavy atom. The van der Waals surface area contributed by atoms with Gasteiger partial charge in [-0.15, -0.1) is 0 Å². The van der Waals surface area contributed by atoms with Crippen LogP contribution in [0.4, 0.5) is 0 Å². The Bertz CT molecular complexity index is 653. The molecular weight excluding hydrogens is 560 g/mol. The molecule has 0 aliphatic carbocycles. The first-order valence-electron chi connectivity index (χ1n) is 21.6. The van der Waals surface area contributed by atoms with Crippen LogP contribution in [0.15, 0.2) is 12.3 Å². The summed E-state index contributed by atoms with van der Waals surface area (Å²) in [5.74, 6) is 0.771. The normalized spacial score (nSPS) is 16.2. The second-order valence-corrected chi connectivity index (χ2v) is 15.4. The molecule has 0 aromatic heterocycles. The highest BCUT2D eigenvalue weighted by Gasteiger charge is 2.52.